The van der Waals surface area contributed by atoms with E-state index in [1.807, 2.05) is 26.2 Å². The molecular formula is C16H18N6. The summed E-state index contributed by atoms with van der Waals surface area (Å²) in [5, 5.41) is 4.22. The maximum absolute atomic E-state index is 5.69. The Labute approximate surface area is 129 Å². The fraction of sp³-hybridized carbons (Fsp3) is 0.188. The Morgan fingerprint density at radius 1 is 1.14 bits per heavy atom. The molecule has 112 valence electrons. The lowest BCUT2D eigenvalue weighted by Crippen LogP contribution is -2.13. The van der Waals surface area contributed by atoms with Crippen molar-refractivity contribution >= 4 is 28.2 Å². The van der Waals surface area contributed by atoms with Crippen molar-refractivity contribution in [3.05, 3.63) is 48.4 Å². The van der Waals surface area contributed by atoms with Crippen molar-refractivity contribution < 1.29 is 0 Å². The number of fused-ring (bicyclic) bond motifs is 1. The van der Waals surface area contributed by atoms with E-state index >= 15 is 0 Å². The Morgan fingerprint density at radius 3 is 2.77 bits per heavy atom. The molecule has 6 heteroatoms. The van der Waals surface area contributed by atoms with Gasteiger partial charge in [0.15, 0.2) is 0 Å². The number of hydrogen-bond acceptors (Lipinski definition) is 6. The summed E-state index contributed by atoms with van der Waals surface area (Å²) in [6, 6.07) is 10.0. The molecule has 0 aliphatic rings. The zero-order valence-electron chi connectivity index (χ0n) is 12.6. The second-order valence-corrected chi connectivity index (χ2v) is 5.23. The van der Waals surface area contributed by atoms with Gasteiger partial charge in [0, 0.05) is 38.6 Å². The van der Waals surface area contributed by atoms with Gasteiger partial charge in [0.25, 0.3) is 0 Å². The highest BCUT2D eigenvalue weighted by Crippen LogP contribution is 2.22. The van der Waals surface area contributed by atoms with Gasteiger partial charge in [-0.1, -0.05) is 18.2 Å². The van der Waals surface area contributed by atoms with E-state index in [1.165, 1.54) is 17.6 Å². The number of pyridine rings is 1. The third-order valence-corrected chi connectivity index (χ3v) is 3.46. The van der Waals surface area contributed by atoms with Crippen LogP contribution in [0.15, 0.2) is 42.9 Å². The van der Waals surface area contributed by atoms with Gasteiger partial charge in [0.2, 0.25) is 0 Å². The fourth-order valence-electron chi connectivity index (χ4n) is 2.38. The van der Waals surface area contributed by atoms with Crippen LogP contribution in [0.4, 0.5) is 17.3 Å². The van der Waals surface area contributed by atoms with Gasteiger partial charge in [-0.15, -0.1) is 0 Å². The number of nitrogen functional groups attached to an aromatic ring is 1. The molecule has 0 bridgehead atoms. The van der Waals surface area contributed by atoms with Crippen molar-refractivity contribution in [3.8, 4) is 0 Å². The molecule has 3 rings (SSSR count). The van der Waals surface area contributed by atoms with Crippen LogP contribution in [0.1, 0.15) is 5.56 Å². The molecule has 0 amide bonds. The molecule has 3 N–H and O–H groups in total. The van der Waals surface area contributed by atoms with Crippen molar-refractivity contribution in [1.29, 1.82) is 0 Å². The summed E-state index contributed by atoms with van der Waals surface area (Å²) in [5.41, 5.74) is 8.85. The third kappa shape index (κ3) is 2.76. The summed E-state index contributed by atoms with van der Waals surface area (Å²) >= 11 is 0. The van der Waals surface area contributed by atoms with Crippen LogP contribution in [0.3, 0.4) is 0 Å². The average Bonchev–Trinajstić information content (AvgIpc) is 2.52. The molecule has 6 nitrogen and oxygen atoms in total. The number of nitrogens with one attached hydrogen (secondary N) is 1. The highest BCUT2D eigenvalue weighted by molar-refractivity contribution is 5.89. The lowest BCUT2D eigenvalue weighted by Gasteiger charge is -2.18. The molecule has 0 spiro atoms. The molecule has 22 heavy (non-hydrogen) atoms. The quantitative estimate of drug-likeness (QED) is 0.768. The first-order valence-corrected chi connectivity index (χ1v) is 7.00. The molecule has 0 atom stereocenters. The first-order valence-electron chi connectivity index (χ1n) is 7.00. The fourth-order valence-corrected chi connectivity index (χ4v) is 2.38. The molecule has 0 saturated heterocycles. The number of nitrogens with zero attached hydrogens (tertiary/aromatic N) is 4. The van der Waals surface area contributed by atoms with Gasteiger partial charge < -0.3 is 16.0 Å². The summed E-state index contributed by atoms with van der Waals surface area (Å²) in [4.78, 5) is 14.7. The predicted molar refractivity (Wildman–Crippen MR) is 89.8 cm³/mol. The first-order chi connectivity index (χ1) is 10.6. The standard InChI is InChI=1S/C16H18N6/c1-22(2)14-6-4-3-5-11(14)8-19-16-12-9-18-15(17)7-13(12)20-10-21-16/h3-7,9-10H,8H2,1-2H3,(H2,17,18)(H,19,20,21). The van der Waals surface area contributed by atoms with E-state index in [0.717, 1.165) is 16.7 Å². The Kier molecular flexibility index (Phi) is 3.74. The van der Waals surface area contributed by atoms with E-state index in [1.54, 1.807) is 12.3 Å². The normalized spacial score (nSPS) is 10.6. The van der Waals surface area contributed by atoms with Crippen LogP contribution in [0, 0.1) is 0 Å². The molecule has 0 fully saturated rings. The summed E-state index contributed by atoms with van der Waals surface area (Å²) in [6.45, 7) is 0.671. The zero-order valence-corrected chi connectivity index (χ0v) is 12.6. The molecule has 0 aliphatic heterocycles. The number of aromatic nitrogens is 3. The van der Waals surface area contributed by atoms with Gasteiger partial charge in [-0.3, -0.25) is 0 Å². The number of benzene rings is 1. The van der Waals surface area contributed by atoms with Gasteiger partial charge in [-0.2, -0.15) is 0 Å². The zero-order chi connectivity index (χ0) is 15.5. The number of rotatable bonds is 4. The van der Waals surface area contributed by atoms with Crippen LogP contribution < -0.4 is 16.0 Å². The SMILES string of the molecule is CN(C)c1ccccc1CNc1ncnc2cc(N)ncc12. The van der Waals surface area contributed by atoms with E-state index in [9.17, 15) is 0 Å². The lowest BCUT2D eigenvalue weighted by molar-refractivity contribution is 1.05. The smallest absolute Gasteiger partial charge is 0.139 e. The van der Waals surface area contributed by atoms with Crippen molar-refractivity contribution in [3.63, 3.8) is 0 Å². The van der Waals surface area contributed by atoms with E-state index in [4.69, 9.17) is 5.73 Å². The molecule has 0 aliphatic carbocycles. The van der Waals surface area contributed by atoms with Crippen molar-refractivity contribution in [2.24, 2.45) is 0 Å². The number of anilines is 3. The maximum atomic E-state index is 5.69. The van der Waals surface area contributed by atoms with Crippen LogP contribution in [0.2, 0.25) is 0 Å². The van der Waals surface area contributed by atoms with Crippen LogP contribution in [-0.2, 0) is 6.54 Å². The van der Waals surface area contributed by atoms with Gasteiger partial charge >= 0.3 is 0 Å². The maximum Gasteiger partial charge on any atom is 0.139 e. The Bertz CT molecular complexity index is 799. The summed E-state index contributed by atoms with van der Waals surface area (Å²) in [7, 11) is 4.07. The van der Waals surface area contributed by atoms with Gasteiger partial charge in [0.1, 0.15) is 18.0 Å². The molecule has 0 unspecified atom stereocenters. The highest BCUT2D eigenvalue weighted by atomic mass is 15.1. The largest absolute Gasteiger partial charge is 0.384 e. The topological polar surface area (TPSA) is 80.0 Å². The number of nitrogens with two attached hydrogens (primary N) is 1. The van der Waals surface area contributed by atoms with Crippen molar-refractivity contribution in [2.75, 3.05) is 30.0 Å². The van der Waals surface area contributed by atoms with Crippen LogP contribution in [-0.4, -0.2) is 29.0 Å². The van der Waals surface area contributed by atoms with E-state index < -0.39 is 0 Å². The molecule has 2 aromatic heterocycles. The first kappa shape index (κ1) is 14.1. The summed E-state index contributed by atoms with van der Waals surface area (Å²) < 4.78 is 0. The average molecular weight is 294 g/mol. The molecule has 1 aromatic carbocycles. The van der Waals surface area contributed by atoms with Crippen LogP contribution >= 0.6 is 0 Å². The Balaban J connectivity index is 1.89. The second kappa shape index (κ2) is 5.85. The number of para-hydroxylation sites is 1. The number of hydrogen-bond donors (Lipinski definition) is 2. The minimum atomic E-state index is 0.454. The van der Waals surface area contributed by atoms with Gasteiger partial charge in [-0.05, 0) is 11.6 Å². The highest BCUT2D eigenvalue weighted by Gasteiger charge is 2.07. The Hall–Kier alpha value is -2.89. The summed E-state index contributed by atoms with van der Waals surface area (Å²) in [5.74, 6) is 1.21. The minimum absolute atomic E-state index is 0.454. The summed E-state index contributed by atoms with van der Waals surface area (Å²) in [6.07, 6.45) is 3.23. The van der Waals surface area contributed by atoms with Crippen molar-refractivity contribution in [2.45, 2.75) is 6.54 Å². The molecule has 2 heterocycles. The van der Waals surface area contributed by atoms with Crippen molar-refractivity contribution in [1.82, 2.24) is 15.0 Å². The monoisotopic (exact) mass is 294 g/mol. The molecule has 3 aromatic rings. The van der Waals surface area contributed by atoms with Crippen LogP contribution in [0.25, 0.3) is 10.9 Å². The van der Waals surface area contributed by atoms with E-state index in [0.29, 0.717) is 12.4 Å². The molecule has 0 saturated carbocycles. The third-order valence-electron chi connectivity index (χ3n) is 3.46. The Morgan fingerprint density at radius 2 is 1.95 bits per heavy atom. The van der Waals surface area contributed by atoms with Gasteiger partial charge in [0.05, 0.1) is 10.9 Å². The van der Waals surface area contributed by atoms with Crippen LogP contribution in [0.5, 0.6) is 0 Å². The van der Waals surface area contributed by atoms with E-state index in [2.05, 4.69) is 37.3 Å². The minimum Gasteiger partial charge on any atom is -0.384 e. The lowest BCUT2D eigenvalue weighted by atomic mass is 10.1. The van der Waals surface area contributed by atoms with Gasteiger partial charge in [-0.25, -0.2) is 15.0 Å². The molecule has 0 radical (unpaired) electrons. The predicted octanol–water partition coefficient (Wildman–Crippen LogP) is 2.29. The van der Waals surface area contributed by atoms with E-state index in [-0.39, 0.29) is 0 Å². The molecular weight excluding hydrogens is 276 g/mol. The second-order valence-electron chi connectivity index (χ2n) is 5.23.